The van der Waals surface area contributed by atoms with Gasteiger partial charge in [0.05, 0.1) is 10.8 Å². The average molecular weight is 435 g/mol. The minimum absolute atomic E-state index is 0.0400. The normalized spacial score (nSPS) is 17.9. The standard InChI is InChI=1S/C24H34O7/c25-18-15-16(7-3-1-2-5-9-23(11-12-23)21(28)29)19(26)20(27)17(18)8-4-6-10-24(13-14-24)22(30)31/h15,25-27H,1-14H2,(H,28,29)(H,30,31). The molecule has 5 N–H and O–H groups in total. The Morgan fingerprint density at radius 3 is 1.71 bits per heavy atom. The number of carboxylic acid groups (broad SMARTS) is 2. The number of phenols is 3. The molecule has 0 heterocycles. The number of aliphatic carboxylic acids is 2. The number of aromatic hydroxyl groups is 3. The molecule has 2 aliphatic carbocycles. The van der Waals surface area contributed by atoms with E-state index in [2.05, 4.69) is 0 Å². The van der Waals surface area contributed by atoms with Gasteiger partial charge in [-0.3, -0.25) is 9.59 Å². The van der Waals surface area contributed by atoms with Gasteiger partial charge in [-0.15, -0.1) is 0 Å². The van der Waals surface area contributed by atoms with Crippen LogP contribution in [0.4, 0.5) is 0 Å². The molecule has 2 aliphatic rings. The van der Waals surface area contributed by atoms with E-state index in [0.717, 1.165) is 57.8 Å². The molecule has 0 saturated heterocycles. The minimum Gasteiger partial charge on any atom is -0.508 e. The molecule has 31 heavy (non-hydrogen) atoms. The molecule has 0 spiro atoms. The molecule has 7 nitrogen and oxygen atoms in total. The molecule has 0 unspecified atom stereocenters. The van der Waals surface area contributed by atoms with Gasteiger partial charge in [-0.1, -0.05) is 25.7 Å². The maximum Gasteiger partial charge on any atom is 0.309 e. The Hall–Kier alpha value is -2.44. The highest BCUT2D eigenvalue weighted by atomic mass is 16.4. The van der Waals surface area contributed by atoms with E-state index in [1.807, 2.05) is 0 Å². The first-order valence-electron chi connectivity index (χ1n) is 11.4. The fourth-order valence-corrected chi connectivity index (χ4v) is 4.51. The Balaban J connectivity index is 1.41. The molecule has 2 fully saturated rings. The van der Waals surface area contributed by atoms with Gasteiger partial charge in [-0.25, -0.2) is 0 Å². The van der Waals surface area contributed by atoms with E-state index in [1.165, 1.54) is 6.07 Å². The molecule has 7 heteroatoms. The molecule has 0 aromatic heterocycles. The third-order valence-corrected chi connectivity index (χ3v) is 7.23. The molecule has 1 aromatic rings. The summed E-state index contributed by atoms with van der Waals surface area (Å²) in [5.41, 5.74) is -0.225. The van der Waals surface area contributed by atoms with Crippen LogP contribution in [0.25, 0.3) is 0 Å². The predicted octanol–water partition coefficient (Wildman–Crippen LogP) is 4.74. The highest BCUT2D eigenvalue weighted by Crippen LogP contribution is 2.51. The Kier molecular flexibility index (Phi) is 7.02. The Bertz CT molecular complexity index is 822. The molecular formula is C24H34O7. The molecule has 172 valence electrons. The smallest absolute Gasteiger partial charge is 0.309 e. The molecular weight excluding hydrogens is 400 g/mol. The maximum atomic E-state index is 11.2. The summed E-state index contributed by atoms with van der Waals surface area (Å²) in [6.45, 7) is 0. The van der Waals surface area contributed by atoms with Gasteiger partial charge in [0, 0.05) is 11.1 Å². The quantitative estimate of drug-likeness (QED) is 0.162. The first-order chi connectivity index (χ1) is 14.7. The van der Waals surface area contributed by atoms with Crippen LogP contribution >= 0.6 is 0 Å². The van der Waals surface area contributed by atoms with Crippen molar-refractivity contribution >= 4 is 11.9 Å². The lowest BCUT2D eigenvalue weighted by Gasteiger charge is -2.14. The fraction of sp³-hybridized carbons (Fsp3) is 0.667. The van der Waals surface area contributed by atoms with E-state index in [4.69, 9.17) is 0 Å². The van der Waals surface area contributed by atoms with Gasteiger partial charge in [0.1, 0.15) is 5.75 Å². The van der Waals surface area contributed by atoms with Crippen molar-refractivity contribution in [3.05, 3.63) is 17.2 Å². The van der Waals surface area contributed by atoms with E-state index in [0.29, 0.717) is 43.2 Å². The fourth-order valence-electron chi connectivity index (χ4n) is 4.51. The summed E-state index contributed by atoms with van der Waals surface area (Å²) >= 11 is 0. The Morgan fingerprint density at radius 1 is 0.710 bits per heavy atom. The van der Waals surface area contributed by atoms with Gasteiger partial charge in [0.15, 0.2) is 11.5 Å². The summed E-state index contributed by atoms with van der Waals surface area (Å²) in [6, 6.07) is 1.51. The van der Waals surface area contributed by atoms with Crippen LogP contribution in [-0.2, 0) is 22.4 Å². The maximum absolute atomic E-state index is 11.2. The molecule has 2 saturated carbocycles. The number of hydrogen-bond acceptors (Lipinski definition) is 5. The highest BCUT2D eigenvalue weighted by molar-refractivity contribution is 5.78. The van der Waals surface area contributed by atoms with Gasteiger partial charge < -0.3 is 25.5 Å². The highest BCUT2D eigenvalue weighted by Gasteiger charge is 2.49. The van der Waals surface area contributed by atoms with E-state index in [1.54, 1.807) is 0 Å². The molecule has 0 aliphatic heterocycles. The lowest BCUT2D eigenvalue weighted by molar-refractivity contribution is -0.144. The number of hydrogen-bond donors (Lipinski definition) is 5. The molecule has 0 radical (unpaired) electrons. The number of carbonyl (C=O) groups is 2. The van der Waals surface area contributed by atoms with Crippen molar-refractivity contribution in [3.8, 4) is 17.2 Å². The van der Waals surface area contributed by atoms with Crippen molar-refractivity contribution in [1.29, 1.82) is 0 Å². The van der Waals surface area contributed by atoms with Gasteiger partial charge in [0.25, 0.3) is 0 Å². The van der Waals surface area contributed by atoms with Crippen molar-refractivity contribution in [1.82, 2.24) is 0 Å². The lowest BCUT2D eigenvalue weighted by Crippen LogP contribution is -2.14. The predicted molar refractivity (Wildman–Crippen MR) is 114 cm³/mol. The van der Waals surface area contributed by atoms with Crippen molar-refractivity contribution in [2.75, 3.05) is 0 Å². The molecule has 3 rings (SSSR count). The summed E-state index contributed by atoms with van der Waals surface area (Å²) in [5.74, 6) is -1.94. The summed E-state index contributed by atoms with van der Waals surface area (Å²) in [5, 5.41) is 49.4. The zero-order chi connectivity index (χ0) is 22.6. The zero-order valence-corrected chi connectivity index (χ0v) is 18.0. The van der Waals surface area contributed by atoms with Crippen molar-refractivity contribution in [3.63, 3.8) is 0 Å². The van der Waals surface area contributed by atoms with E-state index in [9.17, 15) is 35.1 Å². The van der Waals surface area contributed by atoms with Crippen molar-refractivity contribution in [2.45, 2.75) is 89.9 Å². The van der Waals surface area contributed by atoms with Crippen LogP contribution < -0.4 is 0 Å². The number of carboxylic acids is 2. The minimum atomic E-state index is -0.742. The average Bonchev–Trinajstić information content (AvgIpc) is 3.63. The number of phenolic OH excluding ortho intramolecular Hbond substituents is 3. The lowest BCUT2D eigenvalue weighted by atomic mass is 9.95. The molecule has 0 bridgehead atoms. The summed E-state index contributed by atoms with van der Waals surface area (Å²) in [6.07, 6.45) is 10.0. The Morgan fingerprint density at radius 2 is 1.19 bits per heavy atom. The third kappa shape index (κ3) is 5.43. The van der Waals surface area contributed by atoms with Crippen LogP contribution in [0.1, 0.15) is 88.2 Å². The molecule has 0 atom stereocenters. The van der Waals surface area contributed by atoms with Crippen LogP contribution in [0.2, 0.25) is 0 Å². The van der Waals surface area contributed by atoms with Crippen LogP contribution in [0, 0.1) is 10.8 Å². The number of unbranched alkanes of at least 4 members (excludes halogenated alkanes) is 4. The van der Waals surface area contributed by atoms with E-state index >= 15 is 0 Å². The summed E-state index contributed by atoms with van der Waals surface area (Å²) in [4.78, 5) is 22.4. The first-order valence-corrected chi connectivity index (χ1v) is 11.4. The molecule has 1 aromatic carbocycles. The van der Waals surface area contributed by atoms with Gasteiger partial charge in [-0.2, -0.15) is 0 Å². The number of benzene rings is 1. The van der Waals surface area contributed by atoms with Gasteiger partial charge in [0.2, 0.25) is 0 Å². The third-order valence-electron chi connectivity index (χ3n) is 7.23. The number of rotatable bonds is 14. The Labute approximate surface area is 182 Å². The monoisotopic (exact) mass is 434 g/mol. The second-order valence-corrected chi connectivity index (χ2v) is 9.52. The second kappa shape index (κ2) is 9.37. The van der Waals surface area contributed by atoms with Crippen molar-refractivity contribution < 1.29 is 35.1 Å². The van der Waals surface area contributed by atoms with Crippen LogP contribution in [0.15, 0.2) is 6.07 Å². The number of aryl methyl sites for hydroxylation is 1. The van der Waals surface area contributed by atoms with Gasteiger partial charge >= 0.3 is 11.9 Å². The topological polar surface area (TPSA) is 135 Å². The van der Waals surface area contributed by atoms with E-state index in [-0.39, 0.29) is 17.2 Å². The van der Waals surface area contributed by atoms with Crippen LogP contribution in [0.5, 0.6) is 17.2 Å². The van der Waals surface area contributed by atoms with Crippen molar-refractivity contribution in [2.24, 2.45) is 10.8 Å². The zero-order valence-electron chi connectivity index (χ0n) is 18.0. The summed E-state index contributed by atoms with van der Waals surface area (Å²) < 4.78 is 0. The van der Waals surface area contributed by atoms with Crippen LogP contribution in [0.3, 0.4) is 0 Å². The second-order valence-electron chi connectivity index (χ2n) is 9.52. The summed E-state index contributed by atoms with van der Waals surface area (Å²) in [7, 11) is 0. The van der Waals surface area contributed by atoms with Gasteiger partial charge in [-0.05, 0) is 70.3 Å². The first kappa shape index (κ1) is 23.2. The van der Waals surface area contributed by atoms with Crippen LogP contribution in [-0.4, -0.2) is 37.5 Å². The largest absolute Gasteiger partial charge is 0.508 e. The molecule has 0 amide bonds. The SMILES string of the molecule is O=C(O)C1(CCCCCCc2cc(O)c(CCCCC3(C(=O)O)CC3)c(O)c2O)CC1. The van der Waals surface area contributed by atoms with E-state index < -0.39 is 22.8 Å².